The third-order valence-corrected chi connectivity index (χ3v) is 5.62. The van der Waals surface area contributed by atoms with Gasteiger partial charge < -0.3 is 0 Å². The lowest BCUT2D eigenvalue weighted by molar-refractivity contribution is -0.933. The molecule has 1 aliphatic rings. The van der Waals surface area contributed by atoms with Crippen LogP contribution in [0.25, 0.3) is 0 Å². The lowest BCUT2D eigenvalue weighted by Crippen LogP contribution is -2.40. The molecule has 0 amide bonds. The fourth-order valence-corrected chi connectivity index (χ4v) is 4.24. The van der Waals surface area contributed by atoms with Crippen molar-refractivity contribution < 1.29 is 18.4 Å². The van der Waals surface area contributed by atoms with Crippen LogP contribution in [0.4, 0.5) is 0 Å². The highest BCUT2D eigenvalue weighted by atomic mass is 35.5. The van der Waals surface area contributed by atoms with Crippen molar-refractivity contribution in [3.63, 3.8) is 0 Å². The molecule has 1 aromatic rings. The Hall–Kier alpha value is -0.810. The average Bonchev–Trinajstić information content (AvgIpc) is 2.29. The standard InChI is InChI=1S/C11H15ClNO3S/c12-9-6-7-11(13(14)8-9)17(15,16)10-4-2-1-3-5-10/h6-8,10,14H,1-5H2/q+1. The molecule has 0 aromatic carbocycles. The van der Waals surface area contributed by atoms with Gasteiger partial charge in [0.2, 0.25) is 16.0 Å². The molecule has 4 nitrogen and oxygen atoms in total. The zero-order chi connectivity index (χ0) is 12.5. The fourth-order valence-electron chi connectivity index (χ4n) is 2.22. The summed E-state index contributed by atoms with van der Waals surface area (Å²) in [5.74, 6) is 0. The summed E-state index contributed by atoms with van der Waals surface area (Å²) in [6, 6.07) is 2.83. The van der Waals surface area contributed by atoms with E-state index >= 15 is 0 Å². The van der Waals surface area contributed by atoms with E-state index in [1.54, 1.807) is 0 Å². The van der Waals surface area contributed by atoms with Gasteiger partial charge in [0, 0.05) is 10.8 Å². The number of sulfone groups is 1. The van der Waals surface area contributed by atoms with E-state index in [1.807, 2.05) is 0 Å². The van der Waals surface area contributed by atoms with Crippen LogP contribution in [0.5, 0.6) is 0 Å². The summed E-state index contributed by atoms with van der Waals surface area (Å²) in [6.45, 7) is 0. The normalized spacial score (nSPS) is 18.2. The Kier molecular flexibility index (Phi) is 3.58. The highest BCUT2D eigenvalue weighted by Gasteiger charge is 2.36. The number of nitrogens with zero attached hydrogens (tertiary/aromatic N) is 1. The molecular formula is C11H15ClNO3S+. The van der Waals surface area contributed by atoms with Crippen LogP contribution >= 0.6 is 11.6 Å². The van der Waals surface area contributed by atoms with Crippen LogP contribution in [0.1, 0.15) is 32.1 Å². The second kappa shape index (κ2) is 4.82. The Balaban J connectivity index is 2.37. The summed E-state index contributed by atoms with van der Waals surface area (Å²) in [5, 5.41) is 9.46. The summed E-state index contributed by atoms with van der Waals surface area (Å²) < 4.78 is 25.2. The van der Waals surface area contributed by atoms with Crippen LogP contribution in [-0.4, -0.2) is 18.9 Å². The zero-order valence-electron chi connectivity index (χ0n) is 9.34. The summed E-state index contributed by atoms with van der Waals surface area (Å²) in [6.07, 6.45) is 5.49. The van der Waals surface area contributed by atoms with Crippen LogP contribution in [0.3, 0.4) is 0 Å². The second-order valence-electron chi connectivity index (χ2n) is 4.34. The topological polar surface area (TPSA) is 58.2 Å². The van der Waals surface area contributed by atoms with E-state index in [9.17, 15) is 13.6 Å². The number of pyridine rings is 1. The second-order valence-corrected chi connectivity index (χ2v) is 6.95. The number of halogens is 1. The first-order valence-corrected chi connectivity index (χ1v) is 7.58. The first kappa shape index (κ1) is 12.6. The van der Waals surface area contributed by atoms with Crippen molar-refractivity contribution in [2.45, 2.75) is 42.4 Å². The van der Waals surface area contributed by atoms with Crippen molar-refractivity contribution in [3.8, 4) is 0 Å². The minimum atomic E-state index is -3.46. The maximum atomic E-state index is 12.3. The van der Waals surface area contributed by atoms with Crippen molar-refractivity contribution in [1.29, 1.82) is 0 Å². The molecule has 0 bridgehead atoms. The smallest absolute Gasteiger partial charge is 0.284 e. The van der Waals surface area contributed by atoms with Gasteiger partial charge in [-0.15, -0.1) is 0 Å². The van der Waals surface area contributed by atoms with Gasteiger partial charge in [0.25, 0.3) is 0 Å². The van der Waals surface area contributed by atoms with Crippen molar-refractivity contribution in [2.24, 2.45) is 0 Å². The molecule has 1 fully saturated rings. The lowest BCUT2D eigenvalue weighted by Gasteiger charge is -2.19. The molecule has 1 N–H and O–H groups in total. The Morgan fingerprint density at radius 1 is 1.24 bits per heavy atom. The number of hydrogen-bond donors (Lipinski definition) is 1. The van der Waals surface area contributed by atoms with Crippen LogP contribution in [0.2, 0.25) is 5.02 Å². The van der Waals surface area contributed by atoms with Crippen molar-refractivity contribution in [3.05, 3.63) is 23.4 Å². The Bertz CT molecular complexity index is 509. The quantitative estimate of drug-likeness (QED) is 0.664. The molecule has 1 aromatic heterocycles. The van der Waals surface area contributed by atoms with E-state index in [4.69, 9.17) is 11.6 Å². The molecule has 0 spiro atoms. The van der Waals surface area contributed by atoms with Gasteiger partial charge in [-0.05, 0) is 18.9 Å². The van der Waals surface area contributed by atoms with Gasteiger partial charge in [-0.2, -0.15) is 0 Å². The molecule has 0 unspecified atom stereocenters. The predicted octanol–water partition coefficient (Wildman–Crippen LogP) is 1.97. The van der Waals surface area contributed by atoms with E-state index < -0.39 is 9.84 Å². The van der Waals surface area contributed by atoms with Crippen molar-refractivity contribution >= 4 is 21.4 Å². The molecule has 0 radical (unpaired) electrons. The molecule has 0 aliphatic heterocycles. The van der Waals surface area contributed by atoms with Crippen molar-refractivity contribution in [2.75, 3.05) is 0 Å². The molecule has 6 heteroatoms. The maximum absolute atomic E-state index is 12.3. The van der Waals surface area contributed by atoms with Gasteiger partial charge in [-0.1, -0.05) is 30.9 Å². The first-order valence-electron chi connectivity index (χ1n) is 5.66. The van der Waals surface area contributed by atoms with Crippen LogP contribution in [0, 0.1) is 0 Å². The highest BCUT2D eigenvalue weighted by molar-refractivity contribution is 7.91. The van der Waals surface area contributed by atoms with Gasteiger partial charge in [0.05, 0.1) is 5.25 Å². The molecular weight excluding hydrogens is 262 g/mol. The summed E-state index contributed by atoms with van der Waals surface area (Å²) in [5.41, 5.74) is 0. The van der Waals surface area contributed by atoms with E-state index in [1.165, 1.54) is 18.3 Å². The van der Waals surface area contributed by atoms with Gasteiger partial charge in [-0.3, -0.25) is 5.21 Å². The Morgan fingerprint density at radius 2 is 1.88 bits per heavy atom. The van der Waals surface area contributed by atoms with Gasteiger partial charge in [0.15, 0.2) is 0 Å². The molecule has 94 valence electrons. The molecule has 1 aliphatic carbocycles. The summed E-state index contributed by atoms with van der Waals surface area (Å²) in [4.78, 5) is 0. The minimum absolute atomic E-state index is 0.0752. The number of aromatic nitrogens is 1. The summed E-state index contributed by atoms with van der Waals surface area (Å²) in [7, 11) is -3.46. The van der Waals surface area contributed by atoms with Gasteiger partial charge in [-0.25, -0.2) is 8.42 Å². The molecule has 1 saturated carbocycles. The third-order valence-electron chi connectivity index (χ3n) is 3.14. The monoisotopic (exact) mass is 276 g/mol. The number of rotatable bonds is 2. The van der Waals surface area contributed by atoms with E-state index in [0.29, 0.717) is 22.6 Å². The van der Waals surface area contributed by atoms with Gasteiger partial charge in [0.1, 0.15) is 5.02 Å². The predicted molar refractivity (Wildman–Crippen MR) is 62.9 cm³/mol. The van der Waals surface area contributed by atoms with E-state index in [-0.39, 0.29) is 10.3 Å². The van der Waals surface area contributed by atoms with Crippen LogP contribution < -0.4 is 4.73 Å². The maximum Gasteiger partial charge on any atom is 0.347 e. The van der Waals surface area contributed by atoms with Crippen LogP contribution in [0.15, 0.2) is 23.4 Å². The Labute approximate surface area is 106 Å². The summed E-state index contributed by atoms with van der Waals surface area (Å²) >= 11 is 5.68. The molecule has 17 heavy (non-hydrogen) atoms. The van der Waals surface area contributed by atoms with E-state index in [2.05, 4.69) is 0 Å². The van der Waals surface area contributed by atoms with Gasteiger partial charge >= 0.3 is 5.03 Å². The molecule has 1 heterocycles. The fraction of sp³-hybridized carbons (Fsp3) is 0.545. The molecule has 2 rings (SSSR count). The first-order chi connectivity index (χ1) is 8.01. The zero-order valence-corrected chi connectivity index (χ0v) is 10.9. The van der Waals surface area contributed by atoms with E-state index in [0.717, 1.165) is 19.3 Å². The average molecular weight is 277 g/mol. The highest BCUT2D eigenvalue weighted by Crippen LogP contribution is 2.27. The Morgan fingerprint density at radius 3 is 2.47 bits per heavy atom. The SMILES string of the molecule is O=S(=O)(c1ccc(Cl)c[n+]1O)C1CCCCC1. The largest absolute Gasteiger partial charge is 0.347 e. The van der Waals surface area contributed by atoms with Crippen molar-refractivity contribution in [1.82, 2.24) is 0 Å². The lowest BCUT2D eigenvalue weighted by atomic mass is 10.0. The minimum Gasteiger partial charge on any atom is -0.284 e. The third kappa shape index (κ3) is 2.55. The molecule has 0 atom stereocenters. The number of hydrogen-bond acceptors (Lipinski definition) is 3. The van der Waals surface area contributed by atoms with Crippen LogP contribution in [-0.2, 0) is 9.84 Å². The molecule has 0 saturated heterocycles.